The SMILES string of the molecule is CC(C)c1nccn1Cc1cccc(NC(=O)N2CCN(CC(=O)Nc3ccccc3)CC2)c1. The third-order valence-corrected chi connectivity index (χ3v) is 5.88. The molecule has 4 rings (SSSR count). The van der Waals surface area contributed by atoms with Crippen LogP contribution < -0.4 is 10.6 Å². The fourth-order valence-corrected chi connectivity index (χ4v) is 4.14. The van der Waals surface area contributed by atoms with E-state index in [1.807, 2.05) is 60.9 Å². The monoisotopic (exact) mass is 460 g/mol. The number of amides is 3. The van der Waals surface area contributed by atoms with Crippen molar-refractivity contribution in [1.29, 1.82) is 0 Å². The summed E-state index contributed by atoms with van der Waals surface area (Å²) in [5.41, 5.74) is 2.67. The molecule has 0 saturated carbocycles. The summed E-state index contributed by atoms with van der Waals surface area (Å²) in [6.45, 7) is 7.77. The van der Waals surface area contributed by atoms with Gasteiger partial charge < -0.3 is 20.1 Å². The van der Waals surface area contributed by atoms with Gasteiger partial charge in [0, 0.05) is 62.4 Å². The molecule has 34 heavy (non-hydrogen) atoms. The smallest absolute Gasteiger partial charge is 0.321 e. The van der Waals surface area contributed by atoms with Crippen LogP contribution in [0.2, 0.25) is 0 Å². The lowest BCUT2D eigenvalue weighted by molar-refractivity contribution is -0.117. The molecule has 3 amide bonds. The Labute approximate surface area is 200 Å². The lowest BCUT2D eigenvalue weighted by Crippen LogP contribution is -2.51. The highest BCUT2D eigenvalue weighted by Gasteiger charge is 2.22. The maximum absolute atomic E-state index is 12.8. The number of anilines is 2. The lowest BCUT2D eigenvalue weighted by atomic mass is 10.1. The van der Waals surface area contributed by atoms with Crippen molar-refractivity contribution in [2.24, 2.45) is 0 Å². The Balaban J connectivity index is 1.26. The number of nitrogens with zero attached hydrogens (tertiary/aromatic N) is 4. The van der Waals surface area contributed by atoms with Crippen molar-refractivity contribution >= 4 is 23.3 Å². The molecule has 2 aromatic carbocycles. The summed E-state index contributed by atoms with van der Waals surface area (Å²) in [6, 6.07) is 17.2. The van der Waals surface area contributed by atoms with Gasteiger partial charge in [-0.25, -0.2) is 9.78 Å². The molecule has 178 valence electrons. The molecule has 0 aliphatic carbocycles. The molecule has 0 atom stereocenters. The number of rotatable bonds is 7. The van der Waals surface area contributed by atoms with Gasteiger partial charge in [0.25, 0.3) is 0 Å². The molecule has 8 nitrogen and oxygen atoms in total. The van der Waals surface area contributed by atoms with Gasteiger partial charge in [-0.15, -0.1) is 0 Å². The van der Waals surface area contributed by atoms with Crippen LogP contribution in [0.4, 0.5) is 16.2 Å². The number of para-hydroxylation sites is 1. The summed E-state index contributed by atoms with van der Waals surface area (Å²) >= 11 is 0. The van der Waals surface area contributed by atoms with Crippen LogP contribution in [0.1, 0.15) is 31.2 Å². The zero-order valence-electron chi connectivity index (χ0n) is 19.8. The Kier molecular flexibility index (Phi) is 7.59. The van der Waals surface area contributed by atoms with Crippen LogP contribution in [-0.2, 0) is 11.3 Å². The van der Waals surface area contributed by atoms with E-state index in [2.05, 4.69) is 45.0 Å². The molecule has 1 aliphatic rings. The molecule has 1 aromatic heterocycles. The molecule has 3 aromatic rings. The van der Waals surface area contributed by atoms with Crippen molar-refractivity contribution in [3.05, 3.63) is 78.4 Å². The second-order valence-electron chi connectivity index (χ2n) is 8.88. The number of imidazole rings is 1. The molecule has 2 N–H and O–H groups in total. The molecule has 1 saturated heterocycles. The minimum Gasteiger partial charge on any atom is -0.330 e. The number of hydrogen-bond acceptors (Lipinski definition) is 4. The summed E-state index contributed by atoms with van der Waals surface area (Å²) in [7, 11) is 0. The Morgan fingerprint density at radius 2 is 1.68 bits per heavy atom. The van der Waals surface area contributed by atoms with Crippen LogP contribution in [0.5, 0.6) is 0 Å². The van der Waals surface area contributed by atoms with Crippen molar-refractivity contribution in [3.8, 4) is 0 Å². The topological polar surface area (TPSA) is 82.5 Å². The van der Waals surface area contributed by atoms with E-state index in [-0.39, 0.29) is 11.9 Å². The number of piperazine rings is 1. The number of hydrogen-bond donors (Lipinski definition) is 2. The molecule has 0 radical (unpaired) electrons. The summed E-state index contributed by atoms with van der Waals surface area (Å²) in [5.74, 6) is 1.35. The normalized spacial score (nSPS) is 14.3. The first kappa shape index (κ1) is 23.5. The van der Waals surface area contributed by atoms with Crippen LogP contribution in [0.3, 0.4) is 0 Å². The third kappa shape index (κ3) is 6.23. The van der Waals surface area contributed by atoms with E-state index < -0.39 is 0 Å². The fourth-order valence-electron chi connectivity index (χ4n) is 4.14. The summed E-state index contributed by atoms with van der Waals surface area (Å²) in [6.07, 6.45) is 3.81. The van der Waals surface area contributed by atoms with E-state index in [0.717, 1.165) is 22.8 Å². The molecule has 8 heteroatoms. The molecule has 2 heterocycles. The van der Waals surface area contributed by atoms with Crippen molar-refractivity contribution in [3.63, 3.8) is 0 Å². The highest BCUT2D eigenvalue weighted by atomic mass is 16.2. The summed E-state index contributed by atoms with van der Waals surface area (Å²) < 4.78 is 2.14. The van der Waals surface area contributed by atoms with Gasteiger partial charge in [-0.05, 0) is 29.8 Å². The Morgan fingerprint density at radius 1 is 0.941 bits per heavy atom. The van der Waals surface area contributed by atoms with Crippen LogP contribution in [0.25, 0.3) is 0 Å². The molecule has 1 fully saturated rings. The first-order chi connectivity index (χ1) is 16.5. The standard InChI is InChI=1S/C26H32N6O2/c1-20(2)25-27-11-12-32(25)18-21-7-6-10-23(17-21)29-26(34)31-15-13-30(14-16-31)19-24(33)28-22-8-4-3-5-9-22/h3-12,17,20H,13-16,18-19H2,1-2H3,(H,28,33)(H,29,34). The van der Waals surface area contributed by atoms with Gasteiger partial charge in [0.05, 0.1) is 6.54 Å². The number of aromatic nitrogens is 2. The predicted molar refractivity (Wildman–Crippen MR) is 134 cm³/mol. The number of carbonyl (C=O) groups excluding carboxylic acids is 2. The number of urea groups is 1. The van der Waals surface area contributed by atoms with Crippen LogP contribution in [-0.4, -0.2) is 64.0 Å². The van der Waals surface area contributed by atoms with Crippen LogP contribution in [0.15, 0.2) is 67.0 Å². The van der Waals surface area contributed by atoms with Crippen molar-refractivity contribution in [2.75, 3.05) is 43.4 Å². The Bertz CT molecular complexity index is 1100. The highest BCUT2D eigenvalue weighted by Crippen LogP contribution is 2.17. The molecule has 0 spiro atoms. The molecule has 0 unspecified atom stereocenters. The van der Waals surface area contributed by atoms with Gasteiger partial charge >= 0.3 is 6.03 Å². The van der Waals surface area contributed by atoms with Gasteiger partial charge in [-0.1, -0.05) is 44.2 Å². The second-order valence-corrected chi connectivity index (χ2v) is 8.88. The van der Waals surface area contributed by atoms with Crippen molar-refractivity contribution < 1.29 is 9.59 Å². The summed E-state index contributed by atoms with van der Waals surface area (Å²) in [5, 5.41) is 5.93. The van der Waals surface area contributed by atoms with E-state index in [4.69, 9.17) is 0 Å². The minimum atomic E-state index is -0.115. The van der Waals surface area contributed by atoms with E-state index in [0.29, 0.717) is 45.2 Å². The molecule has 0 bridgehead atoms. The van der Waals surface area contributed by atoms with Gasteiger partial charge in [0.2, 0.25) is 5.91 Å². The van der Waals surface area contributed by atoms with Gasteiger partial charge in [0.15, 0.2) is 0 Å². The fraction of sp³-hybridized carbons (Fsp3) is 0.346. The average molecular weight is 461 g/mol. The number of carbonyl (C=O) groups is 2. The number of nitrogens with one attached hydrogen (secondary N) is 2. The molecular weight excluding hydrogens is 428 g/mol. The second kappa shape index (κ2) is 11.0. The largest absolute Gasteiger partial charge is 0.330 e. The zero-order chi connectivity index (χ0) is 23.9. The zero-order valence-corrected chi connectivity index (χ0v) is 19.8. The number of benzene rings is 2. The minimum absolute atomic E-state index is 0.0422. The predicted octanol–water partition coefficient (Wildman–Crippen LogP) is 3.84. The highest BCUT2D eigenvalue weighted by molar-refractivity contribution is 5.92. The van der Waals surface area contributed by atoms with Gasteiger partial charge in [-0.3, -0.25) is 9.69 Å². The summed E-state index contributed by atoms with van der Waals surface area (Å²) in [4.78, 5) is 33.4. The first-order valence-electron chi connectivity index (χ1n) is 11.7. The van der Waals surface area contributed by atoms with Gasteiger partial charge in [-0.2, -0.15) is 0 Å². The van der Waals surface area contributed by atoms with E-state index >= 15 is 0 Å². The first-order valence-corrected chi connectivity index (χ1v) is 11.7. The van der Waals surface area contributed by atoms with Crippen molar-refractivity contribution in [2.45, 2.75) is 26.3 Å². The molecular formula is C26H32N6O2. The van der Waals surface area contributed by atoms with Crippen LogP contribution >= 0.6 is 0 Å². The van der Waals surface area contributed by atoms with E-state index in [1.165, 1.54) is 0 Å². The van der Waals surface area contributed by atoms with Gasteiger partial charge in [0.1, 0.15) is 5.82 Å². The van der Waals surface area contributed by atoms with Crippen LogP contribution in [0, 0.1) is 0 Å². The Hall–Kier alpha value is -3.65. The Morgan fingerprint density at radius 3 is 2.41 bits per heavy atom. The molecule has 1 aliphatic heterocycles. The maximum atomic E-state index is 12.8. The lowest BCUT2D eigenvalue weighted by Gasteiger charge is -2.34. The van der Waals surface area contributed by atoms with E-state index in [1.54, 1.807) is 4.90 Å². The average Bonchev–Trinajstić information content (AvgIpc) is 3.29. The third-order valence-electron chi connectivity index (χ3n) is 5.88. The quantitative estimate of drug-likeness (QED) is 0.561. The van der Waals surface area contributed by atoms with E-state index in [9.17, 15) is 9.59 Å². The maximum Gasteiger partial charge on any atom is 0.321 e. The van der Waals surface area contributed by atoms with Crippen molar-refractivity contribution in [1.82, 2.24) is 19.4 Å².